The van der Waals surface area contributed by atoms with E-state index in [2.05, 4.69) is 29.4 Å². The molecule has 0 radical (unpaired) electrons. The summed E-state index contributed by atoms with van der Waals surface area (Å²) in [5, 5.41) is 12.1. The molecule has 5 nitrogen and oxygen atoms in total. The van der Waals surface area contributed by atoms with Gasteiger partial charge in [0.05, 0.1) is 10.8 Å². The Bertz CT molecular complexity index is 801. The first-order valence-electron chi connectivity index (χ1n) is 10.1. The van der Waals surface area contributed by atoms with Gasteiger partial charge in [-0.2, -0.15) is 0 Å². The van der Waals surface area contributed by atoms with Gasteiger partial charge in [-0.25, -0.2) is 4.39 Å². The van der Waals surface area contributed by atoms with Crippen molar-refractivity contribution in [2.75, 3.05) is 0 Å². The van der Waals surface area contributed by atoms with Crippen molar-refractivity contribution in [3.8, 4) is 11.4 Å². The fraction of sp³-hybridized carbons (Fsp3) is 0.571. The molecule has 1 N–H and O–H groups in total. The number of hydrogen-bond donors (Lipinski definition) is 1. The minimum atomic E-state index is -0.320. The Morgan fingerprint density at radius 2 is 1.93 bits per heavy atom. The Hall–Kier alpha value is -1.89. The van der Waals surface area contributed by atoms with Crippen LogP contribution in [0, 0.1) is 11.7 Å². The van der Waals surface area contributed by atoms with Gasteiger partial charge in [0.15, 0.2) is 11.0 Å². The van der Waals surface area contributed by atoms with Crippen molar-refractivity contribution in [2.45, 2.75) is 75.9 Å². The quantitative estimate of drug-likeness (QED) is 0.681. The molecule has 1 fully saturated rings. The standard InChI is InChI=1S/C21H29FN4OS/c1-14(2)13-26-19(17-11-7-8-12-18(17)22)24-25-21(26)28-15(3)20(27)23-16-9-5-4-6-10-16/h7-8,11-12,14-16H,4-6,9-10,13H2,1-3H3,(H,23,27). The molecule has 0 bridgehead atoms. The minimum Gasteiger partial charge on any atom is -0.352 e. The molecule has 1 aromatic heterocycles. The van der Waals surface area contributed by atoms with Gasteiger partial charge >= 0.3 is 0 Å². The average molecular weight is 405 g/mol. The lowest BCUT2D eigenvalue weighted by Crippen LogP contribution is -2.40. The number of aromatic nitrogens is 3. The average Bonchev–Trinajstić information content (AvgIpc) is 3.04. The van der Waals surface area contributed by atoms with Crippen molar-refractivity contribution in [3.63, 3.8) is 0 Å². The van der Waals surface area contributed by atoms with Gasteiger partial charge in [0.25, 0.3) is 0 Å². The largest absolute Gasteiger partial charge is 0.352 e. The fourth-order valence-electron chi connectivity index (χ4n) is 3.52. The maximum absolute atomic E-state index is 14.3. The summed E-state index contributed by atoms with van der Waals surface area (Å²) in [6, 6.07) is 6.88. The Morgan fingerprint density at radius 1 is 1.21 bits per heavy atom. The molecule has 2 aromatic rings. The fourth-order valence-corrected chi connectivity index (χ4v) is 4.39. The number of amides is 1. The SMILES string of the molecule is CC(C)Cn1c(SC(C)C(=O)NC2CCCCC2)nnc1-c1ccccc1F. The van der Waals surface area contributed by atoms with Crippen LogP contribution in [0.1, 0.15) is 52.9 Å². The van der Waals surface area contributed by atoms with E-state index in [9.17, 15) is 9.18 Å². The second kappa shape index (κ2) is 9.54. The molecular formula is C21H29FN4OS. The topological polar surface area (TPSA) is 59.8 Å². The van der Waals surface area contributed by atoms with Crippen LogP contribution in [0.15, 0.2) is 29.4 Å². The molecule has 0 spiro atoms. The number of halogens is 1. The van der Waals surface area contributed by atoms with Crippen LogP contribution < -0.4 is 5.32 Å². The second-order valence-corrected chi connectivity index (χ2v) is 9.20. The number of rotatable bonds is 7. The van der Waals surface area contributed by atoms with E-state index in [1.54, 1.807) is 18.2 Å². The molecule has 0 saturated heterocycles. The van der Waals surface area contributed by atoms with Gasteiger partial charge in [-0.1, -0.05) is 57.0 Å². The lowest BCUT2D eigenvalue weighted by molar-refractivity contribution is -0.121. The summed E-state index contributed by atoms with van der Waals surface area (Å²) < 4.78 is 16.2. The van der Waals surface area contributed by atoms with Crippen LogP contribution in [0.5, 0.6) is 0 Å². The first kappa shape index (κ1) is 20.8. The summed E-state index contributed by atoms with van der Waals surface area (Å²) in [6.45, 7) is 6.74. The third-order valence-electron chi connectivity index (χ3n) is 4.98. The number of carbonyl (C=O) groups excluding carboxylic acids is 1. The van der Waals surface area contributed by atoms with Gasteiger partial charge in [-0.3, -0.25) is 4.79 Å². The zero-order valence-corrected chi connectivity index (χ0v) is 17.6. The van der Waals surface area contributed by atoms with Crippen LogP contribution in [0.3, 0.4) is 0 Å². The molecule has 1 aromatic carbocycles. The second-order valence-electron chi connectivity index (χ2n) is 7.89. The molecule has 1 amide bonds. The van der Waals surface area contributed by atoms with Crippen LogP contribution in [0.25, 0.3) is 11.4 Å². The minimum absolute atomic E-state index is 0.0310. The Morgan fingerprint density at radius 3 is 2.61 bits per heavy atom. The highest BCUT2D eigenvalue weighted by atomic mass is 32.2. The molecule has 0 aliphatic heterocycles. The van der Waals surface area contributed by atoms with Crippen molar-refractivity contribution in [1.82, 2.24) is 20.1 Å². The summed E-state index contributed by atoms with van der Waals surface area (Å²) in [6.07, 6.45) is 5.74. The lowest BCUT2D eigenvalue weighted by Gasteiger charge is -2.24. The van der Waals surface area contributed by atoms with Crippen LogP contribution >= 0.6 is 11.8 Å². The van der Waals surface area contributed by atoms with E-state index < -0.39 is 0 Å². The van der Waals surface area contributed by atoms with Gasteiger partial charge in [0, 0.05) is 12.6 Å². The molecule has 7 heteroatoms. The molecule has 1 atom stereocenters. The van der Waals surface area contributed by atoms with Gasteiger partial charge in [-0.15, -0.1) is 10.2 Å². The number of benzene rings is 1. The number of nitrogens with one attached hydrogen (secondary N) is 1. The van der Waals surface area contributed by atoms with E-state index in [1.165, 1.54) is 37.1 Å². The molecule has 1 heterocycles. The van der Waals surface area contributed by atoms with Crippen LogP contribution in [-0.4, -0.2) is 32.0 Å². The van der Waals surface area contributed by atoms with Crippen LogP contribution in [-0.2, 0) is 11.3 Å². The maximum atomic E-state index is 14.3. The van der Waals surface area contributed by atoms with Gasteiger partial charge in [0.1, 0.15) is 5.82 Å². The van der Waals surface area contributed by atoms with Crippen LogP contribution in [0.4, 0.5) is 4.39 Å². The van der Waals surface area contributed by atoms with E-state index in [0.29, 0.717) is 29.0 Å². The molecule has 1 saturated carbocycles. The van der Waals surface area contributed by atoms with E-state index in [-0.39, 0.29) is 23.0 Å². The predicted octanol–water partition coefficient (Wildman–Crippen LogP) is 4.67. The molecular weight excluding hydrogens is 375 g/mol. The third kappa shape index (κ3) is 5.13. The third-order valence-corrected chi connectivity index (χ3v) is 6.06. The first-order chi connectivity index (χ1) is 13.5. The zero-order chi connectivity index (χ0) is 20.1. The molecule has 3 rings (SSSR count). The highest BCUT2D eigenvalue weighted by molar-refractivity contribution is 8.00. The lowest BCUT2D eigenvalue weighted by atomic mass is 9.95. The van der Waals surface area contributed by atoms with Gasteiger partial charge in [-0.05, 0) is 37.8 Å². The number of thioether (sulfide) groups is 1. The monoisotopic (exact) mass is 404 g/mol. The molecule has 1 unspecified atom stereocenters. The highest BCUT2D eigenvalue weighted by Gasteiger charge is 2.24. The zero-order valence-electron chi connectivity index (χ0n) is 16.8. The van der Waals surface area contributed by atoms with Crippen molar-refractivity contribution in [3.05, 3.63) is 30.1 Å². The number of nitrogens with zero attached hydrogens (tertiary/aromatic N) is 3. The summed E-state index contributed by atoms with van der Waals surface area (Å²) in [7, 11) is 0. The normalized spacial score (nSPS) is 16.3. The van der Waals surface area contributed by atoms with Gasteiger partial charge in [0.2, 0.25) is 5.91 Å². The Balaban J connectivity index is 1.77. The van der Waals surface area contributed by atoms with Crippen molar-refractivity contribution in [1.29, 1.82) is 0 Å². The van der Waals surface area contributed by atoms with Crippen molar-refractivity contribution in [2.24, 2.45) is 5.92 Å². The number of carbonyl (C=O) groups is 1. The molecule has 28 heavy (non-hydrogen) atoms. The van der Waals surface area contributed by atoms with E-state index in [1.807, 2.05) is 11.5 Å². The summed E-state index contributed by atoms with van der Waals surface area (Å²) in [5.41, 5.74) is 0.432. The van der Waals surface area contributed by atoms with Crippen molar-refractivity contribution >= 4 is 17.7 Å². The van der Waals surface area contributed by atoms with E-state index in [4.69, 9.17) is 0 Å². The summed E-state index contributed by atoms with van der Waals surface area (Å²) in [5.74, 6) is 0.560. The Labute approximate surface area is 170 Å². The molecule has 1 aliphatic carbocycles. The van der Waals surface area contributed by atoms with E-state index in [0.717, 1.165) is 12.8 Å². The Kier molecular flexibility index (Phi) is 7.10. The van der Waals surface area contributed by atoms with Gasteiger partial charge < -0.3 is 9.88 Å². The highest BCUT2D eigenvalue weighted by Crippen LogP contribution is 2.29. The smallest absolute Gasteiger partial charge is 0.233 e. The summed E-state index contributed by atoms with van der Waals surface area (Å²) >= 11 is 1.39. The molecule has 1 aliphatic rings. The maximum Gasteiger partial charge on any atom is 0.233 e. The summed E-state index contributed by atoms with van der Waals surface area (Å²) in [4.78, 5) is 12.6. The van der Waals surface area contributed by atoms with E-state index >= 15 is 0 Å². The first-order valence-corrected chi connectivity index (χ1v) is 11.0. The predicted molar refractivity (Wildman–Crippen MR) is 111 cm³/mol. The van der Waals surface area contributed by atoms with Crippen molar-refractivity contribution < 1.29 is 9.18 Å². The van der Waals surface area contributed by atoms with Crippen LogP contribution in [0.2, 0.25) is 0 Å². The molecule has 152 valence electrons. The number of hydrogen-bond acceptors (Lipinski definition) is 4.